The summed E-state index contributed by atoms with van der Waals surface area (Å²) in [4.78, 5) is 25.5. The number of ether oxygens (including phenoxy) is 3. The van der Waals surface area contributed by atoms with Gasteiger partial charge in [0.15, 0.2) is 23.2 Å². The highest BCUT2D eigenvalue weighted by atomic mass is 16.6. The standard InChI is InChI=1S/C17H18N4O6/c1-10-15(16(22)20-4-5-25-9-12(20)17(23)24)18-19-21(10)11-2-3-13-14(8-11)27-7-6-26-13/h2-3,8,12H,4-7,9H2,1H3,(H,23,24). The summed E-state index contributed by atoms with van der Waals surface area (Å²) >= 11 is 0. The van der Waals surface area contributed by atoms with Gasteiger partial charge >= 0.3 is 5.97 Å². The third kappa shape index (κ3) is 3.08. The van der Waals surface area contributed by atoms with E-state index < -0.39 is 17.9 Å². The summed E-state index contributed by atoms with van der Waals surface area (Å²) in [5.74, 6) is -0.343. The van der Waals surface area contributed by atoms with Gasteiger partial charge in [-0.2, -0.15) is 0 Å². The second-order valence-corrected chi connectivity index (χ2v) is 6.19. The summed E-state index contributed by atoms with van der Waals surface area (Å²) in [5.41, 5.74) is 1.28. The molecule has 10 nitrogen and oxygen atoms in total. The van der Waals surface area contributed by atoms with Crippen LogP contribution >= 0.6 is 0 Å². The number of nitrogens with zero attached hydrogens (tertiary/aromatic N) is 4. The Hall–Kier alpha value is -3.14. The Balaban J connectivity index is 1.64. The normalized spacial score (nSPS) is 19.0. The molecule has 0 spiro atoms. The van der Waals surface area contributed by atoms with Gasteiger partial charge in [0.25, 0.3) is 5.91 Å². The van der Waals surface area contributed by atoms with Crippen molar-refractivity contribution in [3.8, 4) is 17.2 Å². The highest BCUT2D eigenvalue weighted by Crippen LogP contribution is 2.32. The first-order valence-corrected chi connectivity index (χ1v) is 8.50. The topological polar surface area (TPSA) is 116 Å². The molecular weight excluding hydrogens is 356 g/mol. The van der Waals surface area contributed by atoms with Crippen LogP contribution in [-0.2, 0) is 9.53 Å². The molecule has 1 unspecified atom stereocenters. The van der Waals surface area contributed by atoms with Gasteiger partial charge in [0.2, 0.25) is 0 Å². The van der Waals surface area contributed by atoms with E-state index in [1.807, 2.05) is 0 Å². The number of carbonyl (C=O) groups excluding carboxylic acids is 1. The van der Waals surface area contributed by atoms with Crippen molar-refractivity contribution < 1.29 is 28.9 Å². The summed E-state index contributed by atoms with van der Waals surface area (Å²) in [7, 11) is 0. The Morgan fingerprint density at radius 3 is 2.74 bits per heavy atom. The number of amides is 1. The van der Waals surface area contributed by atoms with Crippen LogP contribution in [-0.4, -0.2) is 75.9 Å². The fraction of sp³-hybridized carbons (Fsp3) is 0.412. The second kappa shape index (κ2) is 6.88. The minimum Gasteiger partial charge on any atom is -0.486 e. The van der Waals surface area contributed by atoms with Crippen molar-refractivity contribution in [1.82, 2.24) is 19.9 Å². The molecule has 142 valence electrons. The van der Waals surface area contributed by atoms with Crippen molar-refractivity contribution in [2.75, 3.05) is 33.0 Å². The molecule has 1 N–H and O–H groups in total. The molecule has 1 amide bonds. The van der Waals surface area contributed by atoms with Gasteiger partial charge in [-0.15, -0.1) is 5.10 Å². The molecule has 4 rings (SSSR count). The van der Waals surface area contributed by atoms with Crippen LogP contribution < -0.4 is 9.47 Å². The largest absolute Gasteiger partial charge is 0.486 e. The van der Waals surface area contributed by atoms with Crippen molar-refractivity contribution in [1.29, 1.82) is 0 Å². The Labute approximate surface area is 154 Å². The number of aliphatic carboxylic acids is 1. The highest BCUT2D eigenvalue weighted by Gasteiger charge is 2.35. The molecule has 27 heavy (non-hydrogen) atoms. The Morgan fingerprint density at radius 1 is 1.19 bits per heavy atom. The Morgan fingerprint density at radius 2 is 1.96 bits per heavy atom. The summed E-state index contributed by atoms with van der Waals surface area (Å²) in [6.07, 6.45) is 0. The van der Waals surface area contributed by atoms with Crippen molar-refractivity contribution >= 4 is 11.9 Å². The van der Waals surface area contributed by atoms with Crippen LogP contribution in [0.4, 0.5) is 0 Å². The van der Waals surface area contributed by atoms with Gasteiger partial charge in [-0.3, -0.25) is 4.79 Å². The van der Waals surface area contributed by atoms with E-state index in [1.165, 1.54) is 9.58 Å². The van der Waals surface area contributed by atoms with Gasteiger partial charge in [-0.1, -0.05) is 5.21 Å². The molecule has 2 aliphatic heterocycles. The summed E-state index contributed by atoms with van der Waals surface area (Å²) in [6.45, 7) is 3.09. The van der Waals surface area contributed by atoms with Gasteiger partial charge in [-0.05, 0) is 19.1 Å². The third-order valence-electron chi connectivity index (χ3n) is 4.54. The van der Waals surface area contributed by atoms with Crippen LogP contribution in [0.5, 0.6) is 11.5 Å². The van der Waals surface area contributed by atoms with Gasteiger partial charge in [0, 0.05) is 12.6 Å². The monoisotopic (exact) mass is 374 g/mol. The first kappa shape index (κ1) is 17.3. The molecule has 1 saturated heterocycles. The second-order valence-electron chi connectivity index (χ2n) is 6.19. The number of aromatic nitrogens is 3. The van der Waals surface area contributed by atoms with E-state index in [1.54, 1.807) is 25.1 Å². The Bertz CT molecular complexity index is 896. The molecule has 3 heterocycles. The fourth-order valence-electron chi connectivity index (χ4n) is 3.12. The van der Waals surface area contributed by atoms with E-state index in [0.717, 1.165) is 0 Å². The quantitative estimate of drug-likeness (QED) is 0.814. The molecule has 10 heteroatoms. The van der Waals surface area contributed by atoms with Gasteiger partial charge in [-0.25, -0.2) is 9.48 Å². The number of carbonyl (C=O) groups is 2. The number of rotatable bonds is 3. The van der Waals surface area contributed by atoms with Crippen molar-refractivity contribution in [3.05, 3.63) is 29.6 Å². The van der Waals surface area contributed by atoms with Crippen molar-refractivity contribution in [2.24, 2.45) is 0 Å². The number of hydrogen-bond acceptors (Lipinski definition) is 7. The molecule has 0 radical (unpaired) electrons. The minimum atomic E-state index is -1.11. The van der Waals surface area contributed by atoms with Crippen LogP contribution in [0.25, 0.3) is 5.69 Å². The van der Waals surface area contributed by atoms with E-state index in [-0.39, 0.29) is 25.5 Å². The zero-order valence-electron chi connectivity index (χ0n) is 14.6. The minimum absolute atomic E-state index is 0.0452. The maximum atomic E-state index is 12.9. The van der Waals surface area contributed by atoms with E-state index >= 15 is 0 Å². The number of fused-ring (bicyclic) bond motifs is 1. The molecule has 0 aliphatic carbocycles. The highest BCUT2D eigenvalue weighted by molar-refractivity contribution is 5.96. The van der Waals surface area contributed by atoms with Crippen LogP contribution in [0, 0.1) is 6.92 Å². The number of hydrogen-bond donors (Lipinski definition) is 1. The van der Waals surface area contributed by atoms with Gasteiger partial charge in [0.1, 0.15) is 13.2 Å². The van der Waals surface area contributed by atoms with Crippen molar-refractivity contribution in [2.45, 2.75) is 13.0 Å². The van der Waals surface area contributed by atoms with Gasteiger partial charge < -0.3 is 24.2 Å². The number of morpholine rings is 1. The molecule has 1 aromatic heterocycles. The van der Waals surface area contributed by atoms with Crippen LogP contribution in [0.15, 0.2) is 18.2 Å². The smallest absolute Gasteiger partial charge is 0.328 e. The summed E-state index contributed by atoms with van der Waals surface area (Å²) in [5, 5.41) is 17.4. The first-order valence-electron chi connectivity index (χ1n) is 8.50. The third-order valence-corrected chi connectivity index (χ3v) is 4.54. The van der Waals surface area contributed by atoms with Crippen molar-refractivity contribution in [3.63, 3.8) is 0 Å². The van der Waals surface area contributed by atoms with E-state index in [0.29, 0.717) is 36.1 Å². The fourth-order valence-corrected chi connectivity index (χ4v) is 3.12. The molecule has 2 aliphatic rings. The molecule has 1 atom stereocenters. The summed E-state index contributed by atoms with van der Waals surface area (Å²) in [6, 6.07) is 4.29. The summed E-state index contributed by atoms with van der Waals surface area (Å²) < 4.78 is 17.8. The zero-order chi connectivity index (χ0) is 19.0. The maximum Gasteiger partial charge on any atom is 0.328 e. The average Bonchev–Trinajstić information content (AvgIpc) is 3.08. The molecular formula is C17H18N4O6. The number of carboxylic acid groups (broad SMARTS) is 1. The lowest BCUT2D eigenvalue weighted by atomic mass is 10.2. The number of benzene rings is 1. The van der Waals surface area contributed by atoms with E-state index in [9.17, 15) is 14.7 Å². The van der Waals surface area contributed by atoms with E-state index in [4.69, 9.17) is 14.2 Å². The Kier molecular flexibility index (Phi) is 4.40. The lowest BCUT2D eigenvalue weighted by Gasteiger charge is -2.32. The average molecular weight is 374 g/mol. The van der Waals surface area contributed by atoms with E-state index in [2.05, 4.69) is 10.3 Å². The number of carboxylic acids is 1. The first-order chi connectivity index (χ1) is 13.1. The molecule has 1 aromatic carbocycles. The lowest BCUT2D eigenvalue weighted by Crippen LogP contribution is -2.52. The molecule has 1 fully saturated rings. The SMILES string of the molecule is Cc1c(C(=O)N2CCOCC2C(=O)O)nnn1-c1ccc2c(c1)OCCO2. The maximum absolute atomic E-state index is 12.9. The van der Waals surface area contributed by atoms with Crippen LogP contribution in [0.2, 0.25) is 0 Å². The van der Waals surface area contributed by atoms with Gasteiger partial charge in [0.05, 0.1) is 24.6 Å². The predicted octanol–water partition coefficient (Wildman–Crippen LogP) is 0.273. The molecule has 0 saturated carbocycles. The zero-order valence-corrected chi connectivity index (χ0v) is 14.6. The lowest BCUT2D eigenvalue weighted by molar-refractivity contribution is -0.147. The van der Waals surface area contributed by atoms with Crippen LogP contribution in [0.1, 0.15) is 16.2 Å². The molecule has 0 bridgehead atoms. The molecule has 2 aromatic rings. The van der Waals surface area contributed by atoms with Crippen LogP contribution in [0.3, 0.4) is 0 Å². The predicted molar refractivity (Wildman–Crippen MR) is 90.4 cm³/mol.